The first-order chi connectivity index (χ1) is 14.5. The molecule has 0 saturated heterocycles. The van der Waals surface area contributed by atoms with Crippen LogP contribution in [-0.4, -0.2) is 17.6 Å². The summed E-state index contributed by atoms with van der Waals surface area (Å²) in [5.41, 5.74) is 1.45. The number of hydrogen-bond acceptors (Lipinski definition) is 3. The van der Waals surface area contributed by atoms with Crippen LogP contribution in [0, 0.1) is 12.7 Å². The van der Waals surface area contributed by atoms with Crippen molar-refractivity contribution >= 4 is 22.4 Å². The first-order valence-corrected chi connectivity index (χ1v) is 9.34. The second-order valence-electron chi connectivity index (χ2n) is 6.88. The average molecular weight is 402 g/mol. The summed E-state index contributed by atoms with van der Waals surface area (Å²) in [7, 11) is 1.54. The Bertz CT molecular complexity index is 1330. The number of pyridine rings is 1. The molecule has 3 aromatic carbocycles. The van der Waals surface area contributed by atoms with Crippen molar-refractivity contribution in [3.8, 4) is 11.4 Å². The molecule has 0 bridgehead atoms. The number of ether oxygens (including phenoxy) is 1. The number of halogens is 1. The molecule has 4 aromatic rings. The van der Waals surface area contributed by atoms with Gasteiger partial charge in [0.25, 0.3) is 11.5 Å². The van der Waals surface area contributed by atoms with Gasteiger partial charge in [-0.25, -0.2) is 4.39 Å². The van der Waals surface area contributed by atoms with Crippen molar-refractivity contribution in [2.24, 2.45) is 0 Å². The zero-order chi connectivity index (χ0) is 21.3. The largest absolute Gasteiger partial charge is 0.497 e. The zero-order valence-corrected chi connectivity index (χ0v) is 16.5. The molecule has 0 aliphatic rings. The molecule has 0 saturated carbocycles. The fraction of sp³-hybridized carbons (Fsp3) is 0.0833. The second-order valence-corrected chi connectivity index (χ2v) is 6.88. The number of carbonyl (C=O) groups is 1. The standard InChI is InChI=1S/C24H19FN2O3/c1-15-10-11-16(12-22(15)25)26-23(28)21-14-27(17-6-5-7-18(13-17)30-2)24(29)20-9-4-3-8-19(20)21/h3-14H,1-2H3,(H,26,28). The van der Waals surface area contributed by atoms with Crippen LogP contribution in [0.15, 0.2) is 77.7 Å². The van der Waals surface area contributed by atoms with Gasteiger partial charge >= 0.3 is 0 Å². The summed E-state index contributed by atoms with van der Waals surface area (Å²) in [5, 5.41) is 3.65. The van der Waals surface area contributed by atoms with Gasteiger partial charge in [0.1, 0.15) is 11.6 Å². The van der Waals surface area contributed by atoms with Crippen molar-refractivity contribution in [1.29, 1.82) is 0 Å². The molecule has 4 rings (SSSR count). The Morgan fingerprint density at radius 3 is 2.50 bits per heavy atom. The highest BCUT2D eigenvalue weighted by Gasteiger charge is 2.16. The first-order valence-electron chi connectivity index (χ1n) is 9.34. The Kier molecular flexibility index (Phi) is 5.06. The smallest absolute Gasteiger partial charge is 0.262 e. The van der Waals surface area contributed by atoms with Crippen LogP contribution >= 0.6 is 0 Å². The number of benzene rings is 3. The van der Waals surface area contributed by atoms with Crippen molar-refractivity contribution in [2.75, 3.05) is 12.4 Å². The average Bonchev–Trinajstić information content (AvgIpc) is 2.76. The van der Waals surface area contributed by atoms with Gasteiger partial charge in [-0.15, -0.1) is 0 Å². The molecule has 30 heavy (non-hydrogen) atoms. The number of aromatic nitrogens is 1. The molecule has 0 fully saturated rings. The van der Waals surface area contributed by atoms with Crippen molar-refractivity contribution < 1.29 is 13.9 Å². The van der Waals surface area contributed by atoms with Crippen LogP contribution in [0.2, 0.25) is 0 Å². The van der Waals surface area contributed by atoms with E-state index in [0.717, 1.165) is 0 Å². The van der Waals surface area contributed by atoms with Gasteiger partial charge in [-0.2, -0.15) is 0 Å². The number of nitrogens with one attached hydrogen (secondary N) is 1. The lowest BCUT2D eigenvalue weighted by Crippen LogP contribution is -2.22. The molecule has 1 N–H and O–H groups in total. The summed E-state index contributed by atoms with van der Waals surface area (Å²) in [4.78, 5) is 26.2. The number of anilines is 1. The minimum absolute atomic E-state index is 0.253. The Morgan fingerprint density at radius 2 is 1.77 bits per heavy atom. The van der Waals surface area contributed by atoms with Crippen molar-refractivity contribution in [3.63, 3.8) is 0 Å². The molecular formula is C24H19FN2O3. The summed E-state index contributed by atoms with van der Waals surface area (Å²) in [6.45, 7) is 1.65. The van der Waals surface area contributed by atoms with Gasteiger partial charge < -0.3 is 10.1 Å². The highest BCUT2D eigenvalue weighted by atomic mass is 19.1. The fourth-order valence-electron chi connectivity index (χ4n) is 3.29. The van der Waals surface area contributed by atoms with Crippen LogP contribution < -0.4 is 15.6 Å². The molecule has 0 radical (unpaired) electrons. The number of amides is 1. The van der Waals surface area contributed by atoms with Crippen LogP contribution in [0.4, 0.5) is 10.1 Å². The highest BCUT2D eigenvalue weighted by Crippen LogP contribution is 2.22. The molecule has 0 aliphatic heterocycles. The van der Waals surface area contributed by atoms with Gasteiger partial charge in [-0.1, -0.05) is 30.3 Å². The van der Waals surface area contributed by atoms with Crippen LogP contribution in [0.1, 0.15) is 15.9 Å². The van der Waals surface area contributed by atoms with Gasteiger partial charge in [-0.3, -0.25) is 14.2 Å². The van der Waals surface area contributed by atoms with Gasteiger partial charge in [0.05, 0.1) is 18.4 Å². The predicted octanol–water partition coefficient (Wildman–Crippen LogP) is 4.70. The third-order valence-electron chi connectivity index (χ3n) is 4.93. The van der Waals surface area contributed by atoms with Crippen LogP contribution in [0.3, 0.4) is 0 Å². The van der Waals surface area contributed by atoms with E-state index in [1.54, 1.807) is 74.7 Å². The Hall–Kier alpha value is -3.93. The number of methoxy groups -OCH3 is 1. The number of rotatable bonds is 4. The maximum absolute atomic E-state index is 13.9. The summed E-state index contributed by atoms with van der Waals surface area (Å²) < 4.78 is 20.5. The van der Waals surface area contributed by atoms with Gasteiger partial charge in [0.2, 0.25) is 0 Å². The molecule has 150 valence electrons. The summed E-state index contributed by atoms with van der Waals surface area (Å²) in [6, 6.07) is 18.4. The predicted molar refractivity (Wildman–Crippen MR) is 115 cm³/mol. The molecule has 1 amide bonds. The molecule has 0 unspecified atom stereocenters. The summed E-state index contributed by atoms with van der Waals surface area (Å²) >= 11 is 0. The molecule has 0 spiro atoms. The number of nitrogens with zero attached hydrogens (tertiary/aromatic N) is 1. The lowest BCUT2D eigenvalue weighted by Gasteiger charge is -2.13. The van der Waals surface area contributed by atoms with E-state index in [9.17, 15) is 14.0 Å². The first kappa shape index (κ1) is 19.4. The number of hydrogen-bond donors (Lipinski definition) is 1. The lowest BCUT2D eigenvalue weighted by molar-refractivity contribution is 0.102. The number of aryl methyl sites for hydroxylation is 1. The van der Waals surface area contributed by atoms with E-state index in [2.05, 4.69) is 5.32 Å². The molecule has 0 aliphatic carbocycles. The quantitative estimate of drug-likeness (QED) is 0.538. The van der Waals surface area contributed by atoms with Crippen LogP contribution in [0.25, 0.3) is 16.5 Å². The molecule has 1 aromatic heterocycles. The van der Waals surface area contributed by atoms with Crippen LogP contribution in [0.5, 0.6) is 5.75 Å². The zero-order valence-electron chi connectivity index (χ0n) is 16.5. The second kappa shape index (κ2) is 7.83. The fourth-order valence-corrected chi connectivity index (χ4v) is 3.29. The Morgan fingerprint density at radius 1 is 1.00 bits per heavy atom. The van der Waals surface area contributed by atoms with Gasteiger partial charge in [0.15, 0.2) is 0 Å². The lowest BCUT2D eigenvalue weighted by atomic mass is 10.1. The monoisotopic (exact) mass is 402 g/mol. The van der Waals surface area contributed by atoms with Crippen LogP contribution in [-0.2, 0) is 0 Å². The van der Waals surface area contributed by atoms with Crippen molar-refractivity contribution in [2.45, 2.75) is 6.92 Å². The molecule has 1 heterocycles. The third-order valence-corrected chi connectivity index (χ3v) is 4.93. The van der Waals surface area contributed by atoms with E-state index in [1.165, 1.54) is 16.8 Å². The summed E-state index contributed by atoms with van der Waals surface area (Å²) in [5.74, 6) is -0.251. The van der Waals surface area contributed by atoms with E-state index in [1.807, 2.05) is 0 Å². The molecule has 6 heteroatoms. The number of fused-ring (bicyclic) bond motifs is 1. The molecule has 0 atom stereocenters. The van der Waals surface area contributed by atoms with Gasteiger partial charge in [-0.05, 0) is 42.8 Å². The topological polar surface area (TPSA) is 60.3 Å². The SMILES string of the molecule is COc1cccc(-n2cc(C(=O)Nc3ccc(C)c(F)c3)c3ccccc3c2=O)c1. The highest BCUT2D eigenvalue weighted by molar-refractivity contribution is 6.12. The minimum Gasteiger partial charge on any atom is -0.497 e. The number of carbonyl (C=O) groups excluding carboxylic acids is 1. The van der Waals surface area contributed by atoms with E-state index >= 15 is 0 Å². The Labute approximate surface area is 172 Å². The summed E-state index contributed by atoms with van der Waals surface area (Å²) in [6.07, 6.45) is 1.50. The van der Waals surface area contributed by atoms with Crippen molar-refractivity contribution in [3.05, 3.63) is 100 Å². The van der Waals surface area contributed by atoms with Gasteiger partial charge in [0, 0.05) is 28.7 Å². The van der Waals surface area contributed by atoms with E-state index in [4.69, 9.17) is 4.74 Å². The maximum Gasteiger partial charge on any atom is 0.262 e. The van der Waals surface area contributed by atoms with Crippen molar-refractivity contribution in [1.82, 2.24) is 4.57 Å². The molecular weight excluding hydrogens is 383 g/mol. The van der Waals surface area contributed by atoms with E-state index < -0.39 is 11.7 Å². The van der Waals surface area contributed by atoms with E-state index in [-0.39, 0.29) is 5.56 Å². The third kappa shape index (κ3) is 3.55. The Balaban J connectivity index is 1.86. The minimum atomic E-state index is -0.439. The normalized spacial score (nSPS) is 10.8. The molecule has 5 nitrogen and oxygen atoms in total. The van der Waals surface area contributed by atoms with E-state index in [0.29, 0.717) is 39.0 Å². The maximum atomic E-state index is 13.9.